The molecule has 0 amide bonds. The molecule has 0 fully saturated rings. The molecule has 2 aromatic rings. The Morgan fingerprint density at radius 2 is 2.18 bits per heavy atom. The molecule has 0 aromatic carbocycles. The lowest BCUT2D eigenvalue weighted by molar-refractivity contribution is 0.710. The standard InChI is InChI=1S/C12H17N5/c1-9-8-14-10(2)12(16-9)13-6-4-11-5-7-15-17(11)3/h5,7-8H,4,6H2,1-3H3,(H,13,16). The van der Waals surface area contributed by atoms with Crippen molar-refractivity contribution in [2.24, 2.45) is 7.05 Å². The van der Waals surface area contributed by atoms with E-state index in [1.54, 1.807) is 6.20 Å². The Labute approximate surface area is 101 Å². The summed E-state index contributed by atoms with van der Waals surface area (Å²) >= 11 is 0. The Morgan fingerprint density at radius 3 is 2.88 bits per heavy atom. The molecule has 0 aliphatic carbocycles. The van der Waals surface area contributed by atoms with E-state index in [0.29, 0.717) is 0 Å². The van der Waals surface area contributed by atoms with E-state index in [9.17, 15) is 0 Å². The molecule has 17 heavy (non-hydrogen) atoms. The van der Waals surface area contributed by atoms with E-state index in [0.717, 1.165) is 30.2 Å². The van der Waals surface area contributed by atoms with Crippen LogP contribution in [-0.4, -0.2) is 26.3 Å². The van der Waals surface area contributed by atoms with Crippen LogP contribution in [0.5, 0.6) is 0 Å². The van der Waals surface area contributed by atoms with E-state index in [1.807, 2.05) is 37.8 Å². The molecule has 0 saturated heterocycles. The molecule has 2 heterocycles. The van der Waals surface area contributed by atoms with Crippen LogP contribution in [0, 0.1) is 13.8 Å². The highest BCUT2D eigenvalue weighted by atomic mass is 15.3. The van der Waals surface area contributed by atoms with Crippen molar-refractivity contribution in [3.8, 4) is 0 Å². The summed E-state index contributed by atoms with van der Waals surface area (Å²) in [6.07, 6.45) is 4.51. The van der Waals surface area contributed by atoms with Crippen LogP contribution in [0.3, 0.4) is 0 Å². The van der Waals surface area contributed by atoms with Gasteiger partial charge in [0.2, 0.25) is 0 Å². The quantitative estimate of drug-likeness (QED) is 0.866. The average Bonchev–Trinajstić information content (AvgIpc) is 2.70. The predicted octanol–water partition coefficient (Wildman–Crippen LogP) is 1.48. The summed E-state index contributed by atoms with van der Waals surface area (Å²) in [5, 5.41) is 7.44. The predicted molar refractivity (Wildman–Crippen MR) is 66.9 cm³/mol. The van der Waals surface area contributed by atoms with Gasteiger partial charge in [-0.15, -0.1) is 0 Å². The molecule has 2 aromatic heterocycles. The Hall–Kier alpha value is -1.91. The first-order valence-corrected chi connectivity index (χ1v) is 5.68. The van der Waals surface area contributed by atoms with Crippen LogP contribution in [0.2, 0.25) is 0 Å². The molecule has 0 saturated carbocycles. The lowest BCUT2D eigenvalue weighted by Gasteiger charge is -2.08. The van der Waals surface area contributed by atoms with E-state index < -0.39 is 0 Å². The summed E-state index contributed by atoms with van der Waals surface area (Å²) in [5.74, 6) is 0.868. The zero-order valence-electron chi connectivity index (χ0n) is 10.4. The molecule has 0 radical (unpaired) electrons. The van der Waals surface area contributed by atoms with E-state index in [-0.39, 0.29) is 0 Å². The number of nitrogens with one attached hydrogen (secondary N) is 1. The van der Waals surface area contributed by atoms with Gasteiger partial charge >= 0.3 is 0 Å². The van der Waals surface area contributed by atoms with Crippen LogP contribution in [0.4, 0.5) is 5.82 Å². The number of nitrogens with zero attached hydrogens (tertiary/aromatic N) is 4. The molecule has 0 bridgehead atoms. The smallest absolute Gasteiger partial charge is 0.147 e. The summed E-state index contributed by atoms with van der Waals surface area (Å²) < 4.78 is 1.89. The maximum absolute atomic E-state index is 4.42. The fourth-order valence-corrected chi connectivity index (χ4v) is 1.66. The third-order valence-corrected chi connectivity index (χ3v) is 2.67. The second kappa shape index (κ2) is 4.95. The molecule has 0 atom stereocenters. The molecular formula is C12H17N5. The first kappa shape index (κ1) is 11.6. The van der Waals surface area contributed by atoms with Gasteiger partial charge in [0.15, 0.2) is 0 Å². The van der Waals surface area contributed by atoms with Crippen molar-refractivity contribution >= 4 is 5.82 Å². The highest BCUT2D eigenvalue weighted by Crippen LogP contribution is 2.08. The second-order valence-corrected chi connectivity index (χ2v) is 4.07. The molecule has 90 valence electrons. The molecule has 2 rings (SSSR count). The Morgan fingerprint density at radius 1 is 1.35 bits per heavy atom. The fourth-order valence-electron chi connectivity index (χ4n) is 1.66. The van der Waals surface area contributed by atoms with Crippen LogP contribution >= 0.6 is 0 Å². The van der Waals surface area contributed by atoms with Crippen molar-refractivity contribution in [1.82, 2.24) is 19.7 Å². The van der Waals surface area contributed by atoms with Crippen molar-refractivity contribution in [1.29, 1.82) is 0 Å². The molecule has 0 spiro atoms. The maximum Gasteiger partial charge on any atom is 0.147 e. The van der Waals surface area contributed by atoms with Gasteiger partial charge < -0.3 is 5.32 Å². The highest BCUT2D eigenvalue weighted by molar-refractivity contribution is 5.39. The van der Waals surface area contributed by atoms with Gasteiger partial charge in [0.1, 0.15) is 5.82 Å². The van der Waals surface area contributed by atoms with Gasteiger partial charge in [0.25, 0.3) is 0 Å². The second-order valence-electron chi connectivity index (χ2n) is 4.07. The molecule has 0 aliphatic heterocycles. The van der Waals surface area contributed by atoms with Crippen LogP contribution in [0.1, 0.15) is 17.1 Å². The first-order chi connectivity index (χ1) is 8.16. The number of rotatable bonds is 4. The topological polar surface area (TPSA) is 55.6 Å². The van der Waals surface area contributed by atoms with Crippen LogP contribution in [0.15, 0.2) is 18.5 Å². The molecule has 5 nitrogen and oxygen atoms in total. The molecule has 0 unspecified atom stereocenters. The largest absolute Gasteiger partial charge is 0.368 e. The summed E-state index contributed by atoms with van der Waals surface area (Å²) in [7, 11) is 1.95. The van der Waals surface area contributed by atoms with E-state index in [2.05, 4.69) is 20.4 Å². The summed E-state index contributed by atoms with van der Waals surface area (Å²) in [6, 6.07) is 2.02. The van der Waals surface area contributed by atoms with Crippen molar-refractivity contribution in [2.75, 3.05) is 11.9 Å². The van der Waals surface area contributed by atoms with Crippen LogP contribution < -0.4 is 5.32 Å². The monoisotopic (exact) mass is 231 g/mol. The number of hydrogen-bond donors (Lipinski definition) is 1. The first-order valence-electron chi connectivity index (χ1n) is 5.68. The summed E-state index contributed by atoms with van der Waals surface area (Å²) in [6.45, 7) is 4.73. The number of hydrogen-bond acceptors (Lipinski definition) is 4. The Kier molecular flexibility index (Phi) is 3.37. The zero-order chi connectivity index (χ0) is 12.3. The van der Waals surface area contributed by atoms with Gasteiger partial charge in [-0.2, -0.15) is 5.10 Å². The van der Waals surface area contributed by atoms with Crippen molar-refractivity contribution in [3.63, 3.8) is 0 Å². The minimum Gasteiger partial charge on any atom is -0.368 e. The van der Waals surface area contributed by atoms with Crippen molar-refractivity contribution < 1.29 is 0 Å². The van der Waals surface area contributed by atoms with Gasteiger partial charge in [-0.25, -0.2) is 4.98 Å². The van der Waals surface area contributed by atoms with E-state index >= 15 is 0 Å². The van der Waals surface area contributed by atoms with Gasteiger partial charge in [-0.05, 0) is 19.9 Å². The number of aryl methyl sites for hydroxylation is 3. The third kappa shape index (κ3) is 2.81. The van der Waals surface area contributed by atoms with Gasteiger partial charge in [0, 0.05) is 38.1 Å². The lowest BCUT2D eigenvalue weighted by atomic mass is 10.3. The van der Waals surface area contributed by atoms with Crippen molar-refractivity contribution in [2.45, 2.75) is 20.3 Å². The average molecular weight is 231 g/mol. The SMILES string of the molecule is Cc1cnc(C)c(NCCc2ccnn2C)n1. The van der Waals surface area contributed by atoms with Crippen molar-refractivity contribution in [3.05, 3.63) is 35.5 Å². The van der Waals surface area contributed by atoms with Gasteiger partial charge in [0.05, 0.1) is 11.4 Å². The minimum atomic E-state index is 0.832. The minimum absolute atomic E-state index is 0.832. The molecule has 5 heteroatoms. The highest BCUT2D eigenvalue weighted by Gasteiger charge is 2.02. The van der Waals surface area contributed by atoms with E-state index in [1.165, 1.54) is 5.69 Å². The zero-order valence-corrected chi connectivity index (χ0v) is 10.4. The maximum atomic E-state index is 4.42. The number of aromatic nitrogens is 4. The normalized spacial score (nSPS) is 10.5. The molecule has 0 aliphatic rings. The Bertz CT molecular complexity index is 503. The van der Waals surface area contributed by atoms with Gasteiger partial charge in [-0.1, -0.05) is 0 Å². The molecule has 1 N–H and O–H groups in total. The number of anilines is 1. The summed E-state index contributed by atoms with van der Waals surface area (Å²) in [4.78, 5) is 8.69. The van der Waals surface area contributed by atoms with E-state index in [4.69, 9.17) is 0 Å². The van der Waals surface area contributed by atoms with Gasteiger partial charge in [-0.3, -0.25) is 9.67 Å². The Balaban J connectivity index is 1.94. The molecular weight excluding hydrogens is 214 g/mol. The fraction of sp³-hybridized carbons (Fsp3) is 0.417. The lowest BCUT2D eigenvalue weighted by Crippen LogP contribution is -2.11. The summed E-state index contributed by atoms with van der Waals surface area (Å²) in [5.41, 5.74) is 3.06. The van der Waals surface area contributed by atoms with Crippen LogP contribution in [-0.2, 0) is 13.5 Å². The third-order valence-electron chi connectivity index (χ3n) is 2.67. The van der Waals surface area contributed by atoms with Crippen LogP contribution in [0.25, 0.3) is 0 Å².